The van der Waals surface area contributed by atoms with Gasteiger partial charge in [-0.1, -0.05) is 0 Å². The van der Waals surface area contributed by atoms with Gasteiger partial charge in [-0.3, -0.25) is 0 Å². The van der Waals surface area contributed by atoms with E-state index in [2.05, 4.69) is 0 Å². The quantitative estimate of drug-likeness (QED) is 0.530. The summed E-state index contributed by atoms with van der Waals surface area (Å²) in [6.07, 6.45) is 0. The standard InChI is InChI=1S/3ClH.Rh/h3*1H;. The summed E-state index contributed by atoms with van der Waals surface area (Å²) in [7, 11) is 0. The van der Waals surface area contributed by atoms with E-state index < -0.39 is 0 Å². The second kappa shape index (κ2) is 24.6. The van der Waals surface area contributed by atoms with Crippen LogP contribution in [0.5, 0.6) is 0 Å². The zero-order valence-corrected chi connectivity index (χ0v) is 5.65. The molecule has 0 fully saturated rings. The van der Waals surface area contributed by atoms with Crippen LogP contribution in [-0.2, 0) is 19.5 Å². The van der Waals surface area contributed by atoms with Crippen molar-refractivity contribution in [2.45, 2.75) is 0 Å². The van der Waals surface area contributed by atoms with Gasteiger partial charge in [-0.15, -0.1) is 37.2 Å². The molecule has 0 amide bonds. The Morgan fingerprint density at radius 2 is 0.500 bits per heavy atom. The predicted octanol–water partition coefficient (Wildman–Crippen LogP) is 1.26. The molecule has 4 heavy (non-hydrogen) atoms. The van der Waals surface area contributed by atoms with Gasteiger partial charge in [0.1, 0.15) is 0 Å². The molecule has 1 radical (unpaired) electrons. The van der Waals surface area contributed by atoms with E-state index in [1.54, 1.807) is 0 Å². The van der Waals surface area contributed by atoms with Crippen LogP contribution in [0.3, 0.4) is 0 Å². The molecule has 0 saturated carbocycles. The summed E-state index contributed by atoms with van der Waals surface area (Å²) in [5.41, 5.74) is 0. The summed E-state index contributed by atoms with van der Waals surface area (Å²) in [5, 5.41) is 0. The molecule has 0 atom stereocenters. The smallest absolute Gasteiger partial charge is 0 e. The van der Waals surface area contributed by atoms with Crippen molar-refractivity contribution in [2.75, 3.05) is 0 Å². The summed E-state index contributed by atoms with van der Waals surface area (Å²) in [6.45, 7) is 0. The van der Waals surface area contributed by atoms with E-state index in [0.717, 1.165) is 0 Å². The van der Waals surface area contributed by atoms with E-state index in [9.17, 15) is 0 Å². The SMILES string of the molecule is Cl.Cl.Cl.[Rh]. The molecule has 0 aliphatic carbocycles. The third kappa shape index (κ3) is 9.74. The largest absolute Gasteiger partial charge is 0.147 e. The molecule has 0 bridgehead atoms. The first-order valence-electron chi connectivity index (χ1n) is 0. The van der Waals surface area contributed by atoms with Crippen molar-refractivity contribution in [1.29, 1.82) is 0 Å². The van der Waals surface area contributed by atoms with Crippen LogP contribution in [-0.4, -0.2) is 0 Å². The Hall–Kier alpha value is 1.49. The first-order valence-corrected chi connectivity index (χ1v) is 0. The second-order valence-electron chi connectivity index (χ2n) is 0. The van der Waals surface area contributed by atoms with Gasteiger partial charge in [0.15, 0.2) is 0 Å². The van der Waals surface area contributed by atoms with E-state index in [4.69, 9.17) is 0 Å². The van der Waals surface area contributed by atoms with Gasteiger partial charge in [0.2, 0.25) is 0 Å². The molecule has 33 valence electrons. The fourth-order valence-electron chi connectivity index (χ4n) is 0. The molecular formula is H3Cl3Rh. The van der Waals surface area contributed by atoms with E-state index in [1.165, 1.54) is 0 Å². The number of hydrogen-bond acceptors (Lipinski definition) is 0. The van der Waals surface area contributed by atoms with Crippen molar-refractivity contribution in [3.05, 3.63) is 0 Å². The minimum absolute atomic E-state index is 0. The molecule has 0 unspecified atom stereocenters. The molecular weight excluding hydrogens is 209 g/mol. The van der Waals surface area contributed by atoms with Crippen molar-refractivity contribution >= 4 is 37.2 Å². The van der Waals surface area contributed by atoms with Crippen LogP contribution in [0, 0.1) is 0 Å². The topological polar surface area (TPSA) is 0 Å². The number of rotatable bonds is 0. The third-order valence-corrected chi connectivity index (χ3v) is 0. The zero-order valence-electron chi connectivity index (χ0n) is 1.56. The first kappa shape index (κ1) is 49.7. The Morgan fingerprint density at radius 1 is 0.500 bits per heavy atom. The van der Waals surface area contributed by atoms with Crippen molar-refractivity contribution < 1.29 is 19.5 Å². The van der Waals surface area contributed by atoms with Gasteiger partial charge in [0.25, 0.3) is 0 Å². The Kier molecular flexibility index (Phi) is 306. The molecule has 0 aliphatic heterocycles. The Morgan fingerprint density at radius 3 is 0.500 bits per heavy atom. The average Bonchev–Trinajstić information content (AvgIpc) is 0. The minimum atomic E-state index is 0. The van der Waals surface area contributed by atoms with E-state index in [1.807, 2.05) is 0 Å². The Labute approximate surface area is 56.7 Å². The summed E-state index contributed by atoms with van der Waals surface area (Å²) in [4.78, 5) is 0. The Balaban J connectivity index is 0. The van der Waals surface area contributed by atoms with Gasteiger partial charge in [0.05, 0.1) is 0 Å². The first-order chi connectivity index (χ1) is 0. The summed E-state index contributed by atoms with van der Waals surface area (Å²) in [5.74, 6) is 0. The fraction of sp³-hybridized carbons (Fsp3) is 0. The molecule has 0 saturated heterocycles. The molecule has 0 heterocycles. The Bertz CT molecular complexity index is 3.25. The van der Waals surface area contributed by atoms with Crippen molar-refractivity contribution in [3.63, 3.8) is 0 Å². The van der Waals surface area contributed by atoms with Crippen LogP contribution in [0.15, 0.2) is 0 Å². The molecule has 0 aromatic carbocycles. The van der Waals surface area contributed by atoms with E-state index in [-0.39, 0.29) is 56.7 Å². The van der Waals surface area contributed by atoms with Crippen molar-refractivity contribution in [1.82, 2.24) is 0 Å². The molecule has 0 aromatic heterocycles. The maximum atomic E-state index is 0. The summed E-state index contributed by atoms with van der Waals surface area (Å²) < 4.78 is 0. The maximum absolute atomic E-state index is 0. The fourth-order valence-corrected chi connectivity index (χ4v) is 0. The van der Waals surface area contributed by atoms with Gasteiger partial charge in [-0.25, -0.2) is 0 Å². The second-order valence-corrected chi connectivity index (χ2v) is 0. The van der Waals surface area contributed by atoms with E-state index in [0.29, 0.717) is 0 Å². The van der Waals surface area contributed by atoms with E-state index >= 15 is 0 Å². The van der Waals surface area contributed by atoms with Crippen LogP contribution in [0.1, 0.15) is 0 Å². The van der Waals surface area contributed by atoms with Crippen LogP contribution >= 0.6 is 37.2 Å². The normalized spacial score (nSPS) is 0. The predicted molar refractivity (Wildman–Crippen MR) is 21.7 cm³/mol. The van der Waals surface area contributed by atoms with Gasteiger partial charge in [-0.05, 0) is 0 Å². The van der Waals surface area contributed by atoms with Gasteiger partial charge in [-0.2, -0.15) is 0 Å². The molecule has 0 spiro atoms. The third-order valence-electron chi connectivity index (χ3n) is 0. The van der Waals surface area contributed by atoms with Crippen LogP contribution in [0.25, 0.3) is 0 Å². The van der Waals surface area contributed by atoms with Crippen LogP contribution in [0.2, 0.25) is 0 Å². The molecule has 0 rings (SSSR count). The van der Waals surface area contributed by atoms with Crippen LogP contribution < -0.4 is 0 Å². The van der Waals surface area contributed by atoms with Gasteiger partial charge >= 0.3 is 0 Å². The number of hydrogen-bond donors (Lipinski definition) is 0. The maximum Gasteiger partial charge on any atom is 0 e. The monoisotopic (exact) mass is 211 g/mol. The molecule has 0 N–H and O–H groups in total. The van der Waals surface area contributed by atoms with Gasteiger partial charge < -0.3 is 0 Å². The molecule has 4 heteroatoms. The zero-order chi connectivity index (χ0) is 0. The average molecular weight is 212 g/mol. The summed E-state index contributed by atoms with van der Waals surface area (Å²) >= 11 is 0. The van der Waals surface area contributed by atoms with Crippen LogP contribution in [0.4, 0.5) is 0 Å². The minimum Gasteiger partial charge on any atom is -0.147 e. The summed E-state index contributed by atoms with van der Waals surface area (Å²) in [6, 6.07) is 0. The van der Waals surface area contributed by atoms with Crippen molar-refractivity contribution in [2.24, 2.45) is 0 Å². The molecule has 0 aromatic rings. The molecule has 0 nitrogen and oxygen atoms in total. The van der Waals surface area contributed by atoms with Crippen molar-refractivity contribution in [3.8, 4) is 0 Å². The van der Waals surface area contributed by atoms with Gasteiger partial charge in [0, 0.05) is 19.5 Å². The number of halogens is 3. The molecule has 0 aliphatic rings.